The Morgan fingerprint density at radius 3 is 2.75 bits per heavy atom. The fourth-order valence-corrected chi connectivity index (χ4v) is 2.51. The van der Waals surface area contributed by atoms with E-state index in [4.69, 9.17) is 0 Å². The fourth-order valence-electron chi connectivity index (χ4n) is 2.02. The van der Waals surface area contributed by atoms with Crippen LogP contribution in [0.15, 0.2) is 28.7 Å². The van der Waals surface area contributed by atoms with Crippen molar-refractivity contribution in [1.82, 2.24) is 10.2 Å². The van der Waals surface area contributed by atoms with Gasteiger partial charge in [-0.15, -0.1) is 0 Å². The van der Waals surface area contributed by atoms with E-state index in [2.05, 4.69) is 57.5 Å². The average Bonchev–Trinajstić information content (AvgIpc) is 2.22. The molecule has 0 radical (unpaired) electrons. The molecule has 0 spiro atoms. The van der Waals surface area contributed by atoms with Crippen LogP contribution < -0.4 is 5.32 Å². The lowest BCUT2D eigenvalue weighted by Crippen LogP contribution is -2.47. The minimum atomic E-state index is 0.865. The fraction of sp³-hybridized carbons (Fsp3) is 0.538. The van der Waals surface area contributed by atoms with E-state index in [1.807, 2.05) is 0 Å². The molecule has 0 atom stereocenters. The summed E-state index contributed by atoms with van der Waals surface area (Å²) < 4.78 is 1.23. The Labute approximate surface area is 106 Å². The van der Waals surface area contributed by atoms with Crippen molar-refractivity contribution in [3.63, 3.8) is 0 Å². The molecule has 0 saturated carbocycles. The molecule has 0 unspecified atom stereocenters. The lowest BCUT2D eigenvalue weighted by Gasteiger charge is -2.31. The molecule has 1 N–H and O–H groups in total. The van der Waals surface area contributed by atoms with Gasteiger partial charge in [-0.25, -0.2) is 0 Å². The molecule has 3 heteroatoms. The quantitative estimate of drug-likeness (QED) is 0.890. The van der Waals surface area contributed by atoms with Gasteiger partial charge in [0, 0.05) is 30.7 Å². The number of nitrogens with zero attached hydrogens (tertiary/aromatic N) is 1. The summed E-state index contributed by atoms with van der Waals surface area (Å²) in [5, 5.41) is 3.32. The van der Waals surface area contributed by atoms with Gasteiger partial charge >= 0.3 is 0 Å². The zero-order valence-corrected chi connectivity index (χ0v) is 11.3. The van der Waals surface area contributed by atoms with Crippen molar-refractivity contribution in [2.75, 3.05) is 33.2 Å². The molecule has 0 aromatic heterocycles. The number of hydrogen-bond donors (Lipinski definition) is 1. The molecule has 1 fully saturated rings. The summed E-state index contributed by atoms with van der Waals surface area (Å²) in [6.07, 6.45) is 1.12. The molecular formula is C13H19BrN2. The van der Waals surface area contributed by atoms with Crippen molar-refractivity contribution >= 4 is 15.9 Å². The number of likely N-dealkylation sites (N-methyl/N-ethyl adjacent to an activating group) is 1. The van der Waals surface area contributed by atoms with E-state index in [0.717, 1.165) is 18.9 Å². The predicted octanol–water partition coefficient (Wildman–Crippen LogP) is 2.14. The molecule has 1 saturated heterocycles. The van der Waals surface area contributed by atoms with Gasteiger partial charge < -0.3 is 10.2 Å². The van der Waals surface area contributed by atoms with E-state index in [0.29, 0.717) is 0 Å². The second-order valence-corrected chi connectivity index (χ2v) is 5.48. The number of rotatable bonds is 5. The van der Waals surface area contributed by atoms with E-state index in [9.17, 15) is 0 Å². The van der Waals surface area contributed by atoms with Crippen molar-refractivity contribution < 1.29 is 0 Å². The van der Waals surface area contributed by atoms with Gasteiger partial charge in [0.2, 0.25) is 0 Å². The summed E-state index contributed by atoms with van der Waals surface area (Å²) in [5.74, 6) is 0.865. The average molecular weight is 283 g/mol. The second kappa shape index (κ2) is 5.80. The summed E-state index contributed by atoms with van der Waals surface area (Å²) in [6, 6.07) is 8.49. The highest BCUT2D eigenvalue weighted by Crippen LogP contribution is 2.16. The molecule has 1 heterocycles. The molecule has 1 aromatic carbocycles. The van der Waals surface area contributed by atoms with Gasteiger partial charge in [-0.05, 0) is 31.0 Å². The lowest BCUT2D eigenvalue weighted by atomic mass is 10.0. The van der Waals surface area contributed by atoms with Crippen LogP contribution in [0.25, 0.3) is 0 Å². The van der Waals surface area contributed by atoms with Crippen LogP contribution in [0.1, 0.15) is 5.56 Å². The highest BCUT2D eigenvalue weighted by atomic mass is 79.9. The molecule has 1 aliphatic rings. The lowest BCUT2D eigenvalue weighted by molar-refractivity contribution is 0.226. The molecular weight excluding hydrogens is 264 g/mol. The summed E-state index contributed by atoms with van der Waals surface area (Å²) >= 11 is 3.59. The van der Waals surface area contributed by atoms with Crippen molar-refractivity contribution in [3.05, 3.63) is 34.3 Å². The largest absolute Gasteiger partial charge is 0.316 e. The standard InChI is InChI=1S/C13H19BrN2/c1-16(10-11-8-15-9-11)7-6-12-4-2-3-5-13(12)14/h2-5,11,15H,6-10H2,1H3. The van der Waals surface area contributed by atoms with Crippen LogP contribution >= 0.6 is 15.9 Å². The Morgan fingerprint density at radius 2 is 2.12 bits per heavy atom. The van der Waals surface area contributed by atoms with Crippen LogP contribution in [0.4, 0.5) is 0 Å². The molecule has 0 aliphatic carbocycles. The van der Waals surface area contributed by atoms with Gasteiger partial charge in [0.05, 0.1) is 0 Å². The summed E-state index contributed by atoms with van der Waals surface area (Å²) in [7, 11) is 2.22. The Morgan fingerprint density at radius 1 is 1.38 bits per heavy atom. The minimum Gasteiger partial charge on any atom is -0.316 e. The number of nitrogens with one attached hydrogen (secondary N) is 1. The van der Waals surface area contributed by atoms with E-state index in [1.54, 1.807) is 0 Å². The maximum atomic E-state index is 3.59. The zero-order chi connectivity index (χ0) is 11.4. The first kappa shape index (κ1) is 12.1. The number of halogens is 1. The van der Waals surface area contributed by atoms with Crippen LogP contribution in [0.2, 0.25) is 0 Å². The summed E-state index contributed by atoms with van der Waals surface area (Å²) in [6.45, 7) is 4.75. The van der Waals surface area contributed by atoms with Gasteiger partial charge in [0.15, 0.2) is 0 Å². The Balaban J connectivity index is 1.75. The van der Waals surface area contributed by atoms with Crippen LogP contribution in [0, 0.1) is 5.92 Å². The van der Waals surface area contributed by atoms with Gasteiger partial charge in [0.1, 0.15) is 0 Å². The molecule has 0 amide bonds. The second-order valence-electron chi connectivity index (χ2n) is 4.63. The first-order chi connectivity index (χ1) is 7.75. The van der Waals surface area contributed by atoms with Crippen LogP contribution in [0.3, 0.4) is 0 Å². The Kier molecular flexibility index (Phi) is 4.38. The molecule has 88 valence electrons. The van der Waals surface area contributed by atoms with Crippen molar-refractivity contribution in [3.8, 4) is 0 Å². The Bertz CT molecular complexity index is 336. The van der Waals surface area contributed by atoms with Crippen molar-refractivity contribution in [1.29, 1.82) is 0 Å². The van der Waals surface area contributed by atoms with Crippen LogP contribution in [-0.2, 0) is 6.42 Å². The minimum absolute atomic E-state index is 0.865. The third-order valence-electron chi connectivity index (χ3n) is 3.16. The summed E-state index contributed by atoms with van der Waals surface area (Å²) in [5.41, 5.74) is 1.40. The molecule has 2 nitrogen and oxygen atoms in total. The maximum absolute atomic E-state index is 3.59. The summed E-state index contributed by atoms with van der Waals surface area (Å²) in [4.78, 5) is 2.44. The van der Waals surface area contributed by atoms with Gasteiger partial charge in [0.25, 0.3) is 0 Å². The molecule has 2 rings (SSSR count). The highest BCUT2D eigenvalue weighted by molar-refractivity contribution is 9.10. The van der Waals surface area contributed by atoms with Crippen LogP contribution in [-0.4, -0.2) is 38.1 Å². The third kappa shape index (κ3) is 3.30. The van der Waals surface area contributed by atoms with Crippen molar-refractivity contribution in [2.45, 2.75) is 6.42 Å². The van der Waals surface area contributed by atoms with Crippen molar-refractivity contribution in [2.24, 2.45) is 5.92 Å². The SMILES string of the molecule is CN(CCc1ccccc1Br)CC1CNC1. The monoisotopic (exact) mass is 282 g/mol. The Hall–Kier alpha value is -0.380. The van der Waals surface area contributed by atoms with Gasteiger partial charge in [-0.2, -0.15) is 0 Å². The van der Waals surface area contributed by atoms with E-state index >= 15 is 0 Å². The maximum Gasteiger partial charge on any atom is 0.0207 e. The van der Waals surface area contributed by atoms with E-state index in [-0.39, 0.29) is 0 Å². The van der Waals surface area contributed by atoms with E-state index < -0.39 is 0 Å². The van der Waals surface area contributed by atoms with E-state index in [1.165, 1.54) is 29.7 Å². The first-order valence-corrected chi connectivity index (χ1v) is 6.67. The topological polar surface area (TPSA) is 15.3 Å². The smallest absolute Gasteiger partial charge is 0.0207 e. The van der Waals surface area contributed by atoms with Gasteiger partial charge in [-0.1, -0.05) is 34.1 Å². The normalized spacial score (nSPS) is 16.4. The zero-order valence-electron chi connectivity index (χ0n) is 9.75. The third-order valence-corrected chi connectivity index (χ3v) is 3.93. The highest BCUT2D eigenvalue weighted by Gasteiger charge is 2.18. The predicted molar refractivity (Wildman–Crippen MR) is 71.7 cm³/mol. The van der Waals surface area contributed by atoms with Crippen LogP contribution in [0.5, 0.6) is 0 Å². The molecule has 0 bridgehead atoms. The van der Waals surface area contributed by atoms with Gasteiger partial charge in [-0.3, -0.25) is 0 Å². The number of hydrogen-bond acceptors (Lipinski definition) is 2. The molecule has 1 aliphatic heterocycles. The first-order valence-electron chi connectivity index (χ1n) is 5.88. The molecule has 16 heavy (non-hydrogen) atoms. The number of benzene rings is 1. The molecule has 1 aromatic rings.